The lowest BCUT2D eigenvalue weighted by atomic mass is 9.74. The fraction of sp³-hybridized carbons (Fsp3) is 0.529. The van der Waals surface area contributed by atoms with Gasteiger partial charge in [0.25, 0.3) is 0 Å². The maximum atomic E-state index is 5.97. The zero-order valence-corrected chi connectivity index (χ0v) is 14.4. The van der Waals surface area contributed by atoms with E-state index in [1.165, 1.54) is 16.7 Å². The lowest BCUT2D eigenvalue weighted by molar-refractivity contribution is 0.0293. The molecule has 4 nitrogen and oxygen atoms in total. The summed E-state index contributed by atoms with van der Waals surface area (Å²) < 4.78 is 6.73. The fourth-order valence-corrected chi connectivity index (χ4v) is 5.19. The smallest absolute Gasteiger partial charge is 0.181 e. The number of nitrogens with two attached hydrogens (primary N) is 1. The molecule has 0 saturated heterocycles. The SMILES string of the molecule is COC1CCC2c3c(C)cc(Br)cc3C3(N=CC(N)=N3)C2C1. The normalized spacial score (nSPS) is 35.6. The van der Waals surface area contributed by atoms with Crippen molar-refractivity contribution in [1.29, 1.82) is 0 Å². The first-order valence-corrected chi connectivity index (χ1v) is 8.58. The molecule has 1 heterocycles. The Kier molecular flexibility index (Phi) is 3.20. The van der Waals surface area contributed by atoms with Crippen LogP contribution in [0.25, 0.3) is 0 Å². The van der Waals surface area contributed by atoms with Gasteiger partial charge in [0.1, 0.15) is 5.84 Å². The number of aliphatic imine (C=N–C) groups is 2. The monoisotopic (exact) mass is 361 g/mol. The molecule has 1 aliphatic heterocycles. The van der Waals surface area contributed by atoms with E-state index < -0.39 is 5.66 Å². The van der Waals surface area contributed by atoms with Crippen LogP contribution in [0.2, 0.25) is 0 Å². The first-order valence-electron chi connectivity index (χ1n) is 7.79. The molecule has 4 unspecified atom stereocenters. The quantitative estimate of drug-likeness (QED) is 0.834. The molecule has 5 heteroatoms. The van der Waals surface area contributed by atoms with Crippen LogP contribution in [-0.4, -0.2) is 25.3 Å². The second-order valence-electron chi connectivity index (χ2n) is 6.59. The lowest BCUT2D eigenvalue weighted by Gasteiger charge is -2.36. The first kappa shape index (κ1) is 14.4. The van der Waals surface area contributed by atoms with E-state index in [-0.39, 0.29) is 0 Å². The van der Waals surface area contributed by atoms with Gasteiger partial charge in [-0.1, -0.05) is 15.9 Å². The molecule has 0 aromatic heterocycles. The van der Waals surface area contributed by atoms with Crippen LogP contribution in [0.15, 0.2) is 26.6 Å². The van der Waals surface area contributed by atoms with Crippen LogP contribution in [0.5, 0.6) is 0 Å². The zero-order valence-electron chi connectivity index (χ0n) is 12.8. The number of nitrogens with zero attached hydrogens (tertiary/aromatic N) is 2. The van der Waals surface area contributed by atoms with Gasteiger partial charge in [0.2, 0.25) is 0 Å². The number of halogens is 1. The molecule has 1 aromatic rings. The van der Waals surface area contributed by atoms with Crippen LogP contribution >= 0.6 is 15.9 Å². The second-order valence-corrected chi connectivity index (χ2v) is 7.50. The van der Waals surface area contributed by atoms with Crippen molar-refractivity contribution in [2.75, 3.05) is 7.11 Å². The van der Waals surface area contributed by atoms with Gasteiger partial charge in [0.15, 0.2) is 5.66 Å². The van der Waals surface area contributed by atoms with Gasteiger partial charge in [-0.25, -0.2) is 4.99 Å². The highest BCUT2D eigenvalue weighted by Crippen LogP contribution is 2.60. The number of fused-ring (bicyclic) bond motifs is 5. The Morgan fingerprint density at radius 3 is 2.86 bits per heavy atom. The molecule has 22 heavy (non-hydrogen) atoms. The van der Waals surface area contributed by atoms with Crippen LogP contribution in [0.1, 0.15) is 41.9 Å². The minimum atomic E-state index is -0.532. The summed E-state index contributed by atoms with van der Waals surface area (Å²) in [6, 6.07) is 4.38. The molecule has 0 amide bonds. The maximum Gasteiger partial charge on any atom is 0.181 e. The van der Waals surface area contributed by atoms with Gasteiger partial charge in [-0.2, -0.15) is 0 Å². The van der Waals surface area contributed by atoms with Gasteiger partial charge in [-0.15, -0.1) is 0 Å². The molecule has 1 aromatic carbocycles. The molecule has 4 atom stereocenters. The molecule has 4 rings (SSSR count). The third kappa shape index (κ3) is 1.85. The molecule has 0 bridgehead atoms. The number of hydrogen-bond acceptors (Lipinski definition) is 4. The van der Waals surface area contributed by atoms with E-state index in [1.54, 1.807) is 13.3 Å². The molecule has 2 aliphatic carbocycles. The van der Waals surface area contributed by atoms with Crippen molar-refractivity contribution in [3.8, 4) is 0 Å². The van der Waals surface area contributed by atoms with E-state index in [9.17, 15) is 0 Å². The van der Waals surface area contributed by atoms with Gasteiger partial charge in [0, 0.05) is 23.1 Å². The van der Waals surface area contributed by atoms with Crippen molar-refractivity contribution in [3.63, 3.8) is 0 Å². The average Bonchev–Trinajstić information content (AvgIpc) is 3.00. The maximum absolute atomic E-state index is 5.97. The molecule has 1 fully saturated rings. The largest absolute Gasteiger partial charge is 0.383 e. The second kappa shape index (κ2) is 4.90. The predicted molar refractivity (Wildman–Crippen MR) is 91.6 cm³/mol. The van der Waals surface area contributed by atoms with Gasteiger partial charge in [-0.05, 0) is 55.4 Å². The van der Waals surface area contributed by atoms with Crippen molar-refractivity contribution >= 4 is 28.0 Å². The molecule has 1 saturated carbocycles. The van der Waals surface area contributed by atoms with E-state index >= 15 is 0 Å². The van der Waals surface area contributed by atoms with Crippen molar-refractivity contribution in [2.45, 2.75) is 43.9 Å². The number of aryl methyl sites for hydroxylation is 1. The topological polar surface area (TPSA) is 60.0 Å². The number of ether oxygens (including phenoxy) is 1. The minimum absolute atomic E-state index is 0.295. The molecule has 2 N–H and O–H groups in total. The lowest BCUT2D eigenvalue weighted by Crippen LogP contribution is -2.35. The molecule has 0 radical (unpaired) electrons. The summed E-state index contributed by atoms with van der Waals surface area (Å²) in [6.45, 7) is 2.19. The van der Waals surface area contributed by atoms with E-state index in [4.69, 9.17) is 20.5 Å². The summed E-state index contributed by atoms with van der Waals surface area (Å²) >= 11 is 3.63. The van der Waals surface area contributed by atoms with Crippen LogP contribution < -0.4 is 5.73 Å². The van der Waals surface area contributed by atoms with Crippen molar-refractivity contribution in [3.05, 3.63) is 33.3 Å². The molecule has 1 spiro atoms. The summed E-state index contributed by atoms with van der Waals surface area (Å²) in [5.74, 6) is 1.37. The first-order chi connectivity index (χ1) is 10.5. The number of methoxy groups -OCH3 is 1. The average molecular weight is 362 g/mol. The summed E-state index contributed by atoms with van der Waals surface area (Å²) in [4.78, 5) is 9.59. The zero-order chi connectivity index (χ0) is 15.5. The number of hydrogen-bond donors (Lipinski definition) is 1. The molecular weight excluding hydrogens is 342 g/mol. The predicted octanol–water partition coefficient (Wildman–Crippen LogP) is 3.26. The molecular formula is C17H20BrN3O. The highest BCUT2D eigenvalue weighted by atomic mass is 79.9. The van der Waals surface area contributed by atoms with Crippen molar-refractivity contribution in [1.82, 2.24) is 0 Å². The van der Waals surface area contributed by atoms with E-state index in [0.29, 0.717) is 23.8 Å². The fourth-order valence-electron chi connectivity index (χ4n) is 4.61. The minimum Gasteiger partial charge on any atom is -0.383 e. The Bertz CT molecular complexity index is 699. The highest BCUT2D eigenvalue weighted by Gasteiger charge is 2.56. The summed E-state index contributed by atoms with van der Waals surface area (Å²) in [5, 5.41) is 0. The van der Waals surface area contributed by atoms with E-state index in [0.717, 1.165) is 23.7 Å². The van der Waals surface area contributed by atoms with Crippen LogP contribution in [0.3, 0.4) is 0 Å². The highest BCUT2D eigenvalue weighted by molar-refractivity contribution is 9.10. The molecule has 116 valence electrons. The third-order valence-electron chi connectivity index (χ3n) is 5.46. The molecule has 3 aliphatic rings. The van der Waals surface area contributed by atoms with Crippen LogP contribution in [0.4, 0.5) is 0 Å². The van der Waals surface area contributed by atoms with Gasteiger partial charge in [-0.3, -0.25) is 4.99 Å². The Morgan fingerprint density at radius 1 is 1.36 bits per heavy atom. The van der Waals surface area contributed by atoms with Gasteiger partial charge in [0.05, 0.1) is 12.3 Å². The third-order valence-corrected chi connectivity index (χ3v) is 5.92. The Hall–Kier alpha value is -1.20. The number of amidine groups is 1. The number of benzene rings is 1. The van der Waals surface area contributed by atoms with Crippen molar-refractivity contribution < 1.29 is 4.74 Å². The van der Waals surface area contributed by atoms with Crippen LogP contribution in [0, 0.1) is 12.8 Å². The van der Waals surface area contributed by atoms with Crippen LogP contribution in [-0.2, 0) is 10.4 Å². The standard InChI is InChI=1S/C17H20BrN3O/c1-9-5-10(18)6-14-16(9)12-4-3-11(22-2)7-13(12)17(14)20-8-15(19)21-17/h5-6,8,11-13H,3-4,7H2,1-2H3,(H2,19,21). The van der Waals surface area contributed by atoms with E-state index in [2.05, 4.69) is 35.0 Å². The Labute approximate surface area is 139 Å². The Balaban J connectivity index is 1.92. The summed E-state index contributed by atoms with van der Waals surface area (Å²) in [7, 11) is 1.80. The van der Waals surface area contributed by atoms with Gasteiger partial charge >= 0.3 is 0 Å². The summed E-state index contributed by atoms with van der Waals surface area (Å²) in [6.07, 6.45) is 5.24. The summed E-state index contributed by atoms with van der Waals surface area (Å²) in [5.41, 5.74) is 9.41. The Morgan fingerprint density at radius 2 is 2.18 bits per heavy atom. The van der Waals surface area contributed by atoms with E-state index in [1.807, 2.05) is 0 Å². The number of rotatable bonds is 1. The van der Waals surface area contributed by atoms with Gasteiger partial charge < -0.3 is 10.5 Å². The van der Waals surface area contributed by atoms with Crippen molar-refractivity contribution in [2.24, 2.45) is 21.6 Å².